The van der Waals surface area contributed by atoms with Crippen LogP contribution in [-0.2, 0) is 14.3 Å². The molecule has 0 aromatic carbocycles. The third-order valence-electron chi connectivity index (χ3n) is 5.08. The van der Waals surface area contributed by atoms with E-state index in [1.54, 1.807) is 0 Å². The van der Waals surface area contributed by atoms with Crippen molar-refractivity contribution in [1.29, 1.82) is 0 Å². The highest BCUT2D eigenvalue weighted by Gasteiger charge is 2.56. The van der Waals surface area contributed by atoms with Gasteiger partial charge in [0.15, 0.2) is 0 Å². The third-order valence-corrected chi connectivity index (χ3v) is 5.08. The first-order chi connectivity index (χ1) is 9.67. The average Bonchev–Trinajstić information content (AvgIpc) is 2.70. The summed E-state index contributed by atoms with van der Waals surface area (Å²) in [4.78, 5) is 24.6. The van der Waals surface area contributed by atoms with E-state index in [4.69, 9.17) is 4.74 Å². The van der Waals surface area contributed by atoms with Crippen LogP contribution in [0.25, 0.3) is 0 Å². The van der Waals surface area contributed by atoms with E-state index in [2.05, 4.69) is 41.5 Å². The molecule has 0 saturated carbocycles. The van der Waals surface area contributed by atoms with Gasteiger partial charge < -0.3 is 4.74 Å². The predicted molar refractivity (Wildman–Crippen MR) is 84.7 cm³/mol. The minimum atomic E-state index is -0.310. The van der Waals surface area contributed by atoms with Crippen LogP contribution in [0.15, 0.2) is 0 Å². The lowest BCUT2D eigenvalue weighted by Crippen LogP contribution is -2.40. The molecule has 1 rings (SSSR count). The molecular weight excluding hydrogens is 264 g/mol. The van der Waals surface area contributed by atoms with Gasteiger partial charge in [-0.1, -0.05) is 67.2 Å². The van der Waals surface area contributed by atoms with Crippen LogP contribution in [-0.4, -0.2) is 11.9 Å². The van der Waals surface area contributed by atoms with Crippen molar-refractivity contribution in [3.05, 3.63) is 0 Å². The lowest BCUT2D eigenvalue weighted by atomic mass is 9.61. The number of carbonyl (C=O) groups is 2. The summed E-state index contributed by atoms with van der Waals surface area (Å²) in [5.41, 5.74) is -0.374. The monoisotopic (exact) mass is 296 g/mol. The first kappa shape index (κ1) is 18.2. The van der Waals surface area contributed by atoms with Crippen molar-refractivity contribution in [3.63, 3.8) is 0 Å². The molecule has 0 radical (unpaired) electrons. The van der Waals surface area contributed by atoms with Crippen LogP contribution in [0.4, 0.5) is 0 Å². The molecule has 0 aromatic rings. The van der Waals surface area contributed by atoms with Gasteiger partial charge in [-0.15, -0.1) is 0 Å². The highest BCUT2D eigenvalue weighted by molar-refractivity contribution is 5.97. The molecule has 3 nitrogen and oxygen atoms in total. The van der Waals surface area contributed by atoms with Gasteiger partial charge in [-0.2, -0.15) is 0 Å². The van der Waals surface area contributed by atoms with E-state index in [0.717, 1.165) is 38.5 Å². The van der Waals surface area contributed by atoms with Crippen LogP contribution in [0.1, 0.15) is 80.1 Å². The molecule has 1 fully saturated rings. The number of hydrogen-bond donors (Lipinski definition) is 0. The second-order valence-electron chi connectivity index (χ2n) is 7.88. The molecular formula is C18H32O3. The maximum Gasteiger partial charge on any atom is 0.318 e. The Morgan fingerprint density at radius 3 is 1.43 bits per heavy atom. The SMILES string of the molecule is CCCCC(C)(C)C1C(=O)OC(=O)C1C(C)(C)CCCC. The Bertz CT molecular complexity index is 346. The number of rotatable bonds is 8. The Labute approximate surface area is 129 Å². The van der Waals surface area contributed by atoms with Gasteiger partial charge in [0.25, 0.3) is 0 Å². The first-order valence-electron chi connectivity index (χ1n) is 8.43. The van der Waals surface area contributed by atoms with Gasteiger partial charge in [0.2, 0.25) is 0 Å². The fourth-order valence-electron chi connectivity index (χ4n) is 3.61. The Balaban J connectivity index is 3.03. The van der Waals surface area contributed by atoms with Crippen molar-refractivity contribution >= 4 is 11.9 Å². The quantitative estimate of drug-likeness (QED) is 0.480. The van der Waals surface area contributed by atoms with E-state index in [1.165, 1.54) is 0 Å². The van der Waals surface area contributed by atoms with E-state index in [1.807, 2.05) is 0 Å². The molecule has 1 aliphatic rings. The Morgan fingerprint density at radius 1 is 0.810 bits per heavy atom. The molecule has 0 aromatic heterocycles. The van der Waals surface area contributed by atoms with Crippen molar-refractivity contribution in [2.45, 2.75) is 80.1 Å². The lowest BCUT2D eigenvalue weighted by molar-refractivity contribution is -0.155. The normalized spacial score (nSPS) is 23.5. The van der Waals surface area contributed by atoms with Gasteiger partial charge in [0.1, 0.15) is 0 Å². The topological polar surface area (TPSA) is 43.4 Å². The van der Waals surface area contributed by atoms with Gasteiger partial charge >= 0.3 is 11.9 Å². The van der Waals surface area contributed by atoms with E-state index < -0.39 is 0 Å². The number of hydrogen-bond acceptors (Lipinski definition) is 3. The van der Waals surface area contributed by atoms with Gasteiger partial charge in [-0.3, -0.25) is 9.59 Å². The Hall–Kier alpha value is -0.860. The highest BCUT2D eigenvalue weighted by atomic mass is 16.6. The maximum absolute atomic E-state index is 12.3. The molecule has 0 amide bonds. The van der Waals surface area contributed by atoms with Crippen LogP contribution < -0.4 is 0 Å². The lowest BCUT2D eigenvalue weighted by Gasteiger charge is -2.38. The number of cyclic esters (lactones) is 2. The van der Waals surface area contributed by atoms with Crippen LogP contribution in [0.5, 0.6) is 0 Å². The van der Waals surface area contributed by atoms with Crippen molar-refractivity contribution in [2.24, 2.45) is 22.7 Å². The summed E-state index contributed by atoms with van der Waals surface area (Å²) in [5, 5.41) is 0. The molecule has 2 unspecified atom stereocenters. The van der Waals surface area contributed by atoms with Gasteiger partial charge in [0.05, 0.1) is 11.8 Å². The summed E-state index contributed by atoms with van der Waals surface area (Å²) >= 11 is 0. The molecule has 1 heterocycles. The van der Waals surface area contributed by atoms with Crippen LogP contribution in [0, 0.1) is 22.7 Å². The smallest absolute Gasteiger partial charge is 0.318 e. The van der Waals surface area contributed by atoms with Crippen LogP contribution in [0.2, 0.25) is 0 Å². The molecule has 1 saturated heterocycles. The fourth-order valence-corrected chi connectivity index (χ4v) is 3.61. The van der Waals surface area contributed by atoms with Crippen molar-refractivity contribution < 1.29 is 14.3 Å². The number of unbranched alkanes of at least 4 members (excludes halogenated alkanes) is 2. The third kappa shape index (κ3) is 4.08. The van der Waals surface area contributed by atoms with E-state index in [9.17, 15) is 9.59 Å². The molecule has 0 bridgehead atoms. The zero-order chi connectivity index (χ0) is 16.3. The standard InChI is InChI=1S/C18H32O3/c1-7-9-11-17(3,4)13-14(16(20)21-15(13)19)18(5,6)12-10-8-2/h13-14H,7-12H2,1-6H3. The van der Waals surface area contributed by atoms with Gasteiger partial charge in [-0.05, 0) is 23.7 Å². The summed E-state index contributed by atoms with van der Waals surface area (Å²) in [7, 11) is 0. The summed E-state index contributed by atoms with van der Waals surface area (Å²) in [6, 6.07) is 0. The molecule has 21 heavy (non-hydrogen) atoms. The van der Waals surface area contributed by atoms with Crippen molar-refractivity contribution in [2.75, 3.05) is 0 Å². The minimum Gasteiger partial charge on any atom is -0.393 e. The summed E-state index contributed by atoms with van der Waals surface area (Å²) < 4.78 is 5.04. The zero-order valence-corrected chi connectivity index (χ0v) is 14.6. The largest absolute Gasteiger partial charge is 0.393 e. The summed E-state index contributed by atoms with van der Waals surface area (Å²) in [6.45, 7) is 12.7. The molecule has 1 aliphatic heterocycles. The van der Waals surface area contributed by atoms with Crippen molar-refractivity contribution in [1.82, 2.24) is 0 Å². The first-order valence-corrected chi connectivity index (χ1v) is 8.43. The second-order valence-corrected chi connectivity index (χ2v) is 7.88. The Morgan fingerprint density at radius 2 is 1.14 bits per heavy atom. The van der Waals surface area contributed by atoms with Crippen LogP contribution in [0.3, 0.4) is 0 Å². The predicted octanol–water partition coefficient (Wildman–Crippen LogP) is 4.74. The minimum absolute atomic E-state index is 0.187. The van der Waals surface area contributed by atoms with Gasteiger partial charge in [0, 0.05) is 0 Å². The van der Waals surface area contributed by atoms with E-state index >= 15 is 0 Å². The highest BCUT2D eigenvalue weighted by Crippen LogP contribution is 2.50. The average molecular weight is 296 g/mol. The number of ether oxygens (including phenoxy) is 1. The fraction of sp³-hybridized carbons (Fsp3) is 0.889. The molecule has 122 valence electrons. The molecule has 3 heteroatoms. The zero-order valence-electron chi connectivity index (χ0n) is 14.6. The number of carbonyl (C=O) groups excluding carboxylic acids is 2. The van der Waals surface area contributed by atoms with Crippen LogP contribution >= 0.6 is 0 Å². The molecule has 0 spiro atoms. The summed E-state index contributed by atoms with van der Waals surface area (Å²) in [5.74, 6) is -1.22. The van der Waals surface area contributed by atoms with E-state index in [0.29, 0.717) is 0 Å². The Kier molecular flexibility index (Phi) is 6.01. The summed E-state index contributed by atoms with van der Waals surface area (Å²) in [6.07, 6.45) is 6.26. The molecule has 2 atom stereocenters. The van der Waals surface area contributed by atoms with E-state index in [-0.39, 0.29) is 34.6 Å². The van der Waals surface area contributed by atoms with Crippen molar-refractivity contribution in [3.8, 4) is 0 Å². The van der Waals surface area contributed by atoms with Gasteiger partial charge in [-0.25, -0.2) is 0 Å². The maximum atomic E-state index is 12.3. The molecule has 0 N–H and O–H groups in total. The second kappa shape index (κ2) is 6.93. The number of esters is 2. The molecule has 0 aliphatic carbocycles.